The van der Waals surface area contributed by atoms with Crippen LogP contribution in [0, 0.1) is 28.9 Å². The molecule has 126 valence electrons. The first-order valence-corrected chi connectivity index (χ1v) is 8.75. The van der Waals surface area contributed by atoms with Gasteiger partial charge in [0.1, 0.15) is 11.6 Å². The van der Waals surface area contributed by atoms with Crippen molar-refractivity contribution in [3.8, 4) is 6.07 Å². The summed E-state index contributed by atoms with van der Waals surface area (Å²) < 4.78 is 53.7. The van der Waals surface area contributed by atoms with Gasteiger partial charge in [0.2, 0.25) is 10.0 Å². The minimum atomic E-state index is -4.39. The van der Waals surface area contributed by atoms with Crippen LogP contribution in [0.4, 0.5) is 8.78 Å². The topological polar surface area (TPSA) is 81.4 Å². The molecule has 1 saturated carbocycles. The van der Waals surface area contributed by atoms with Crippen LogP contribution in [0.2, 0.25) is 0 Å². The van der Waals surface area contributed by atoms with Gasteiger partial charge in [0.25, 0.3) is 0 Å². The summed E-state index contributed by atoms with van der Waals surface area (Å²) in [4.78, 5) is -1.07. The average molecular weight is 344 g/mol. The third-order valence-electron chi connectivity index (χ3n) is 4.16. The van der Waals surface area contributed by atoms with Gasteiger partial charge in [0, 0.05) is 13.6 Å². The lowest BCUT2D eigenvalue weighted by Crippen LogP contribution is -2.38. The fourth-order valence-corrected chi connectivity index (χ4v) is 4.17. The molecule has 2 atom stereocenters. The Labute approximate surface area is 134 Å². The van der Waals surface area contributed by atoms with Crippen molar-refractivity contribution in [3.63, 3.8) is 0 Å². The number of hydrogen-bond acceptors (Lipinski definition) is 4. The minimum absolute atomic E-state index is 0.0115. The van der Waals surface area contributed by atoms with Crippen LogP contribution < -0.4 is 0 Å². The Morgan fingerprint density at radius 2 is 1.87 bits per heavy atom. The molecule has 1 N–H and O–H groups in total. The van der Waals surface area contributed by atoms with E-state index in [1.165, 1.54) is 7.05 Å². The van der Waals surface area contributed by atoms with Gasteiger partial charge in [0.05, 0.1) is 17.7 Å². The van der Waals surface area contributed by atoms with Crippen molar-refractivity contribution in [2.45, 2.75) is 36.7 Å². The number of benzene rings is 1. The van der Waals surface area contributed by atoms with Crippen LogP contribution in [-0.4, -0.2) is 37.5 Å². The molecule has 1 aromatic rings. The summed E-state index contributed by atoms with van der Waals surface area (Å²) in [7, 11) is -3.16. The Balaban J connectivity index is 2.29. The third kappa shape index (κ3) is 3.68. The minimum Gasteiger partial charge on any atom is -0.393 e. The monoisotopic (exact) mass is 344 g/mol. The van der Waals surface area contributed by atoms with Gasteiger partial charge in [-0.15, -0.1) is 0 Å². The highest BCUT2D eigenvalue weighted by atomic mass is 32.2. The maximum atomic E-state index is 14.0. The second kappa shape index (κ2) is 6.91. The zero-order chi connectivity index (χ0) is 17.2. The molecule has 23 heavy (non-hydrogen) atoms. The molecule has 2 unspecified atom stereocenters. The Kier molecular flexibility index (Phi) is 5.34. The Morgan fingerprint density at radius 1 is 1.30 bits per heavy atom. The first-order chi connectivity index (χ1) is 10.8. The summed E-state index contributed by atoms with van der Waals surface area (Å²) in [5, 5.41) is 18.6. The number of hydrogen-bond donors (Lipinski definition) is 1. The second-order valence-electron chi connectivity index (χ2n) is 5.78. The maximum Gasteiger partial charge on any atom is 0.248 e. The molecular weight excluding hydrogens is 326 g/mol. The molecule has 0 aliphatic heterocycles. The van der Waals surface area contributed by atoms with Gasteiger partial charge in [-0.05, 0) is 30.9 Å². The SMILES string of the molecule is CN(CC1CCCCC1O)S(=O)(=O)c1c(F)cc(C#N)cc1F. The van der Waals surface area contributed by atoms with Gasteiger partial charge in [-0.25, -0.2) is 21.5 Å². The van der Waals surface area contributed by atoms with Gasteiger partial charge in [-0.3, -0.25) is 0 Å². The normalized spacial score (nSPS) is 22.1. The molecule has 1 aliphatic rings. The summed E-state index contributed by atoms with van der Waals surface area (Å²) in [6.07, 6.45) is 2.41. The number of nitrogens with zero attached hydrogens (tertiary/aromatic N) is 2. The first kappa shape index (κ1) is 17.8. The zero-order valence-corrected chi connectivity index (χ0v) is 13.5. The van der Waals surface area contributed by atoms with E-state index in [1.54, 1.807) is 6.07 Å². The lowest BCUT2D eigenvalue weighted by molar-refractivity contribution is 0.0620. The van der Waals surface area contributed by atoms with Gasteiger partial charge in [-0.1, -0.05) is 12.8 Å². The standard InChI is InChI=1S/C15H18F2N2O3S/c1-19(9-11-4-2-3-5-14(11)20)23(21,22)15-12(16)6-10(8-18)7-13(15)17/h6-7,11,14,20H,2-5,9H2,1H3. The number of sulfonamides is 1. The van der Waals surface area contributed by atoms with Crippen LogP contribution >= 0.6 is 0 Å². The molecule has 1 aliphatic carbocycles. The summed E-state index contributed by atoms with van der Waals surface area (Å²) in [6, 6.07) is 2.95. The number of aliphatic hydroxyl groups excluding tert-OH is 1. The Hall–Kier alpha value is -1.56. The molecule has 1 aromatic carbocycles. The largest absolute Gasteiger partial charge is 0.393 e. The third-order valence-corrected chi connectivity index (χ3v) is 6.03. The number of nitriles is 1. The van der Waals surface area contributed by atoms with E-state index in [-0.39, 0.29) is 18.0 Å². The molecule has 0 aromatic heterocycles. The summed E-state index contributed by atoms with van der Waals surface area (Å²) >= 11 is 0. The van der Waals surface area contributed by atoms with Crippen LogP contribution in [0.1, 0.15) is 31.2 Å². The lowest BCUT2D eigenvalue weighted by atomic mass is 9.86. The van der Waals surface area contributed by atoms with E-state index in [1.807, 2.05) is 0 Å². The van der Waals surface area contributed by atoms with Gasteiger partial charge >= 0.3 is 0 Å². The highest BCUT2D eigenvalue weighted by Crippen LogP contribution is 2.28. The van der Waals surface area contributed by atoms with Crippen LogP contribution in [0.15, 0.2) is 17.0 Å². The molecule has 0 heterocycles. The molecule has 0 bridgehead atoms. The molecule has 2 rings (SSSR count). The zero-order valence-electron chi connectivity index (χ0n) is 12.7. The highest BCUT2D eigenvalue weighted by molar-refractivity contribution is 7.89. The second-order valence-corrected chi connectivity index (χ2v) is 7.76. The van der Waals surface area contributed by atoms with E-state index in [0.29, 0.717) is 25.0 Å². The Bertz CT molecular complexity index is 708. The lowest BCUT2D eigenvalue weighted by Gasteiger charge is -2.30. The van der Waals surface area contributed by atoms with Crippen molar-refractivity contribution >= 4 is 10.0 Å². The maximum absolute atomic E-state index is 14.0. The molecule has 5 nitrogen and oxygen atoms in total. The van der Waals surface area contributed by atoms with E-state index in [2.05, 4.69) is 0 Å². The van der Waals surface area contributed by atoms with E-state index < -0.39 is 32.7 Å². The van der Waals surface area contributed by atoms with E-state index in [4.69, 9.17) is 5.26 Å². The molecular formula is C15H18F2N2O3S. The fraction of sp³-hybridized carbons (Fsp3) is 0.533. The summed E-state index contributed by atoms with van der Waals surface area (Å²) in [5.74, 6) is -2.84. The Morgan fingerprint density at radius 3 is 2.39 bits per heavy atom. The number of rotatable bonds is 4. The average Bonchev–Trinajstić information content (AvgIpc) is 2.48. The predicted molar refractivity (Wildman–Crippen MR) is 78.9 cm³/mol. The van der Waals surface area contributed by atoms with Crippen molar-refractivity contribution < 1.29 is 22.3 Å². The van der Waals surface area contributed by atoms with Gasteiger partial charge in [0.15, 0.2) is 4.90 Å². The van der Waals surface area contributed by atoms with Crippen molar-refractivity contribution in [1.29, 1.82) is 5.26 Å². The highest BCUT2D eigenvalue weighted by Gasteiger charge is 2.33. The summed E-state index contributed by atoms with van der Waals surface area (Å²) in [5.41, 5.74) is -0.288. The smallest absolute Gasteiger partial charge is 0.248 e. The molecule has 0 amide bonds. The molecule has 0 radical (unpaired) electrons. The molecule has 8 heteroatoms. The van der Waals surface area contributed by atoms with Crippen molar-refractivity contribution in [2.24, 2.45) is 5.92 Å². The fourth-order valence-electron chi connectivity index (χ4n) is 2.86. The van der Waals surface area contributed by atoms with Crippen molar-refractivity contribution in [1.82, 2.24) is 4.31 Å². The van der Waals surface area contributed by atoms with Gasteiger partial charge in [-0.2, -0.15) is 5.26 Å². The van der Waals surface area contributed by atoms with E-state index in [0.717, 1.165) is 17.1 Å². The van der Waals surface area contributed by atoms with E-state index >= 15 is 0 Å². The molecule has 0 spiro atoms. The van der Waals surface area contributed by atoms with Gasteiger partial charge < -0.3 is 5.11 Å². The van der Waals surface area contributed by atoms with Crippen LogP contribution in [0.3, 0.4) is 0 Å². The van der Waals surface area contributed by atoms with E-state index in [9.17, 15) is 22.3 Å². The van der Waals surface area contributed by atoms with Crippen molar-refractivity contribution in [3.05, 3.63) is 29.3 Å². The predicted octanol–water partition coefficient (Wildman–Crippen LogP) is 2.01. The number of aliphatic hydroxyl groups is 1. The van der Waals surface area contributed by atoms with Crippen LogP contribution in [0.25, 0.3) is 0 Å². The molecule has 0 saturated heterocycles. The number of halogens is 2. The van der Waals surface area contributed by atoms with Crippen LogP contribution in [0.5, 0.6) is 0 Å². The van der Waals surface area contributed by atoms with Crippen molar-refractivity contribution in [2.75, 3.05) is 13.6 Å². The quantitative estimate of drug-likeness (QED) is 0.906. The molecule has 1 fully saturated rings. The van der Waals surface area contributed by atoms with Crippen LogP contribution in [-0.2, 0) is 10.0 Å². The first-order valence-electron chi connectivity index (χ1n) is 7.31. The summed E-state index contributed by atoms with van der Waals surface area (Å²) in [6.45, 7) is -0.0115.